The van der Waals surface area contributed by atoms with E-state index in [9.17, 15) is 0 Å². The maximum Gasteiger partial charge on any atom is 0.161 e. The summed E-state index contributed by atoms with van der Waals surface area (Å²) in [4.78, 5) is 0. The van der Waals surface area contributed by atoms with Crippen molar-refractivity contribution in [1.29, 1.82) is 0 Å². The fourth-order valence-corrected chi connectivity index (χ4v) is 3.03. The number of benzene rings is 1. The third-order valence-electron chi connectivity index (χ3n) is 4.11. The minimum atomic E-state index is 0.140. The number of fused-ring (bicyclic) bond motifs is 1. The predicted molar refractivity (Wildman–Crippen MR) is 70.9 cm³/mol. The number of nitrogens with two attached hydrogens (primary N) is 1. The van der Waals surface area contributed by atoms with Gasteiger partial charge in [-0.1, -0.05) is 25.3 Å². The summed E-state index contributed by atoms with van der Waals surface area (Å²) >= 11 is 0. The lowest BCUT2D eigenvalue weighted by Crippen LogP contribution is -2.24. The van der Waals surface area contributed by atoms with Crippen molar-refractivity contribution in [2.45, 2.75) is 38.1 Å². The maximum absolute atomic E-state index is 6.41. The fourth-order valence-electron chi connectivity index (χ4n) is 3.03. The molecule has 0 spiro atoms. The first-order chi connectivity index (χ1) is 8.84. The lowest BCUT2D eigenvalue weighted by molar-refractivity contribution is 0.171. The van der Waals surface area contributed by atoms with E-state index in [-0.39, 0.29) is 6.04 Å². The van der Waals surface area contributed by atoms with Crippen LogP contribution in [-0.2, 0) is 0 Å². The topological polar surface area (TPSA) is 44.5 Å². The molecular formula is C15H21NO2. The molecule has 1 aliphatic heterocycles. The van der Waals surface area contributed by atoms with Gasteiger partial charge in [-0.2, -0.15) is 0 Å². The molecule has 1 aromatic carbocycles. The molecule has 0 bridgehead atoms. The standard InChI is InChI=1S/C15H21NO2/c16-15(11-4-2-1-3-5-11)12-6-7-13-14(10-12)18-9-8-17-13/h6-7,10-11,15H,1-5,8-9,16H2. The van der Waals surface area contributed by atoms with Crippen molar-refractivity contribution >= 4 is 0 Å². The second-order valence-corrected chi connectivity index (χ2v) is 5.33. The first-order valence-electron chi connectivity index (χ1n) is 7.00. The molecule has 1 saturated carbocycles. The van der Waals surface area contributed by atoms with Gasteiger partial charge in [-0.05, 0) is 36.5 Å². The Hall–Kier alpha value is -1.22. The summed E-state index contributed by atoms with van der Waals surface area (Å²) in [7, 11) is 0. The molecule has 3 heteroatoms. The molecular weight excluding hydrogens is 226 g/mol. The SMILES string of the molecule is NC(c1ccc2c(c1)OCCO2)C1CCCCC1. The predicted octanol–water partition coefficient (Wildman–Crippen LogP) is 3.04. The lowest BCUT2D eigenvalue weighted by Gasteiger charge is -2.28. The van der Waals surface area contributed by atoms with Crippen molar-refractivity contribution in [1.82, 2.24) is 0 Å². The van der Waals surface area contributed by atoms with Crippen LogP contribution in [0, 0.1) is 5.92 Å². The van der Waals surface area contributed by atoms with Gasteiger partial charge in [0.05, 0.1) is 0 Å². The van der Waals surface area contributed by atoms with Gasteiger partial charge in [0.1, 0.15) is 13.2 Å². The Morgan fingerprint density at radius 3 is 2.50 bits per heavy atom. The van der Waals surface area contributed by atoms with Crippen LogP contribution in [0.3, 0.4) is 0 Å². The molecule has 0 saturated heterocycles. The number of hydrogen-bond donors (Lipinski definition) is 1. The second kappa shape index (κ2) is 5.19. The summed E-state index contributed by atoms with van der Waals surface area (Å²) in [5.41, 5.74) is 7.59. The van der Waals surface area contributed by atoms with Crippen LogP contribution in [0.1, 0.15) is 43.7 Å². The Balaban J connectivity index is 1.78. The number of rotatable bonds is 2. The Kier molecular flexibility index (Phi) is 3.41. The highest BCUT2D eigenvalue weighted by atomic mass is 16.6. The molecule has 1 unspecified atom stereocenters. The molecule has 2 aliphatic rings. The largest absolute Gasteiger partial charge is 0.486 e. The summed E-state index contributed by atoms with van der Waals surface area (Å²) in [5.74, 6) is 2.33. The fraction of sp³-hybridized carbons (Fsp3) is 0.600. The normalized spacial score (nSPS) is 21.6. The van der Waals surface area contributed by atoms with Gasteiger partial charge in [-0.25, -0.2) is 0 Å². The minimum Gasteiger partial charge on any atom is -0.486 e. The Bertz CT molecular complexity index is 413. The molecule has 98 valence electrons. The maximum atomic E-state index is 6.41. The molecule has 1 atom stereocenters. The number of hydrogen-bond acceptors (Lipinski definition) is 3. The van der Waals surface area contributed by atoms with E-state index in [1.807, 2.05) is 6.07 Å². The van der Waals surface area contributed by atoms with E-state index in [0.717, 1.165) is 11.5 Å². The van der Waals surface area contributed by atoms with Crippen molar-refractivity contribution in [3.8, 4) is 11.5 Å². The molecule has 1 aromatic rings. The minimum absolute atomic E-state index is 0.140. The smallest absolute Gasteiger partial charge is 0.161 e. The van der Waals surface area contributed by atoms with Gasteiger partial charge in [0.25, 0.3) is 0 Å². The molecule has 1 fully saturated rings. The first-order valence-corrected chi connectivity index (χ1v) is 7.00. The van der Waals surface area contributed by atoms with Crippen LogP contribution >= 0.6 is 0 Å². The van der Waals surface area contributed by atoms with Crippen molar-refractivity contribution in [3.63, 3.8) is 0 Å². The molecule has 2 N–H and O–H groups in total. The van der Waals surface area contributed by atoms with E-state index >= 15 is 0 Å². The van der Waals surface area contributed by atoms with Crippen molar-refractivity contribution in [2.75, 3.05) is 13.2 Å². The molecule has 3 rings (SSSR count). The number of ether oxygens (including phenoxy) is 2. The van der Waals surface area contributed by atoms with Crippen molar-refractivity contribution < 1.29 is 9.47 Å². The lowest BCUT2D eigenvalue weighted by atomic mass is 9.81. The van der Waals surface area contributed by atoms with Crippen LogP contribution in [-0.4, -0.2) is 13.2 Å². The van der Waals surface area contributed by atoms with E-state index in [2.05, 4.69) is 12.1 Å². The Morgan fingerprint density at radius 1 is 1.00 bits per heavy atom. The van der Waals surface area contributed by atoms with E-state index in [1.54, 1.807) is 0 Å². The van der Waals surface area contributed by atoms with E-state index in [0.29, 0.717) is 19.1 Å². The van der Waals surface area contributed by atoms with E-state index in [4.69, 9.17) is 15.2 Å². The quantitative estimate of drug-likeness (QED) is 0.873. The summed E-state index contributed by atoms with van der Waals surface area (Å²) in [5, 5.41) is 0. The van der Waals surface area contributed by atoms with Gasteiger partial charge in [0.2, 0.25) is 0 Å². The average molecular weight is 247 g/mol. The highest BCUT2D eigenvalue weighted by Crippen LogP contribution is 2.37. The zero-order valence-electron chi connectivity index (χ0n) is 10.7. The molecule has 1 aliphatic carbocycles. The van der Waals surface area contributed by atoms with Crippen molar-refractivity contribution in [2.24, 2.45) is 11.7 Å². The third kappa shape index (κ3) is 2.32. The van der Waals surface area contributed by atoms with Gasteiger partial charge in [-0.15, -0.1) is 0 Å². The monoisotopic (exact) mass is 247 g/mol. The van der Waals surface area contributed by atoms with Crippen LogP contribution < -0.4 is 15.2 Å². The molecule has 0 radical (unpaired) electrons. The summed E-state index contributed by atoms with van der Waals surface area (Å²) in [6.07, 6.45) is 6.53. The van der Waals surface area contributed by atoms with Crippen LogP contribution in [0.15, 0.2) is 18.2 Å². The third-order valence-corrected chi connectivity index (χ3v) is 4.11. The van der Waals surface area contributed by atoms with Crippen LogP contribution in [0.4, 0.5) is 0 Å². The Morgan fingerprint density at radius 2 is 1.72 bits per heavy atom. The van der Waals surface area contributed by atoms with Gasteiger partial charge in [-0.3, -0.25) is 0 Å². The summed E-state index contributed by atoms with van der Waals surface area (Å²) in [6.45, 7) is 1.27. The van der Waals surface area contributed by atoms with E-state index in [1.165, 1.54) is 37.7 Å². The molecule has 18 heavy (non-hydrogen) atoms. The molecule has 0 aromatic heterocycles. The second-order valence-electron chi connectivity index (χ2n) is 5.33. The first kappa shape index (κ1) is 11.8. The Labute approximate surface area is 108 Å². The highest BCUT2D eigenvalue weighted by molar-refractivity contribution is 5.44. The van der Waals surface area contributed by atoms with Crippen LogP contribution in [0.25, 0.3) is 0 Å². The summed E-state index contributed by atoms with van der Waals surface area (Å²) in [6, 6.07) is 6.29. The van der Waals surface area contributed by atoms with Crippen LogP contribution in [0.5, 0.6) is 11.5 Å². The van der Waals surface area contributed by atoms with Gasteiger partial charge in [0.15, 0.2) is 11.5 Å². The average Bonchev–Trinajstić information content (AvgIpc) is 2.47. The zero-order chi connectivity index (χ0) is 12.4. The van der Waals surface area contributed by atoms with Crippen molar-refractivity contribution in [3.05, 3.63) is 23.8 Å². The molecule has 3 nitrogen and oxygen atoms in total. The van der Waals surface area contributed by atoms with Crippen LogP contribution in [0.2, 0.25) is 0 Å². The molecule has 1 heterocycles. The van der Waals surface area contributed by atoms with E-state index < -0.39 is 0 Å². The van der Waals surface area contributed by atoms with Gasteiger partial charge in [0, 0.05) is 6.04 Å². The zero-order valence-corrected chi connectivity index (χ0v) is 10.7. The highest BCUT2D eigenvalue weighted by Gasteiger charge is 2.23. The van der Waals surface area contributed by atoms with Gasteiger partial charge < -0.3 is 15.2 Å². The molecule has 0 amide bonds. The van der Waals surface area contributed by atoms with Gasteiger partial charge >= 0.3 is 0 Å². The summed E-state index contributed by atoms with van der Waals surface area (Å²) < 4.78 is 11.2.